The van der Waals surface area contributed by atoms with Crippen LogP contribution in [0.3, 0.4) is 0 Å². The highest BCUT2D eigenvalue weighted by atomic mass is 32.2. The van der Waals surface area contributed by atoms with Gasteiger partial charge in [0.15, 0.2) is 0 Å². The van der Waals surface area contributed by atoms with Crippen molar-refractivity contribution in [1.29, 1.82) is 0 Å². The Bertz CT molecular complexity index is 173. The lowest BCUT2D eigenvalue weighted by molar-refractivity contribution is -0.121. The molecule has 1 amide bonds. The molecule has 0 spiro atoms. The minimum Gasteiger partial charge on any atom is -0.396 e. The van der Waals surface area contributed by atoms with Gasteiger partial charge < -0.3 is 10.4 Å². The lowest BCUT2D eigenvalue weighted by Gasteiger charge is -2.02. The van der Waals surface area contributed by atoms with Crippen LogP contribution in [0.5, 0.6) is 0 Å². The van der Waals surface area contributed by atoms with E-state index in [9.17, 15) is 9.00 Å². The van der Waals surface area contributed by atoms with E-state index in [2.05, 4.69) is 5.32 Å². The summed E-state index contributed by atoms with van der Waals surface area (Å²) in [7, 11) is -0.844. The number of hydrogen-bond donors (Lipinski definition) is 2. The first-order valence-corrected chi connectivity index (χ1v) is 6.07. The lowest BCUT2D eigenvalue weighted by Crippen LogP contribution is -2.27. The van der Waals surface area contributed by atoms with E-state index in [1.165, 1.54) is 0 Å². The average molecular weight is 207 g/mol. The van der Waals surface area contributed by atoms with Gasteiger partial charge in [0.2, 0.25) is 5.91 Å². The fourth-order valence-corrected chi connectivity index (χ4v) is 1.21. The maximum atomic E-state index is 11.0. The zero-order chi connectivity index (χ0) is 10.1. The smallest absolute Gasteiger partial charge is 0.220 e. The Morgan fingerprint density at radius 3 is 2.69 bits per heavy atom. The molecule has 0 aliphatic rings. The van der Waals surface area contributed by atoms with Crippen LogP contribution in [0.1, 0.15) is 19.3 Å². The molecule has 4 nitrogen and oxygen atoms in total. The molecule has 0 aromatic heterocycles. The van der Waals surface area contributed by atoms with Gasteiger partial charge in [0, 0.05) is 42.4 Å². The predicted octanol–water partition coefficient (Wildman–Crippen LogP) is -0.356. The molecule has 1 atom stereocenters. The van der Waals surface area contributed by atoms with Crippen LogP contribution in [-0.4, -0.2) is 40.4 Å². The van der Waals surface area contributed by atoms with Crippen molar-refractivity contribution < 1.29 is 14.1 Å². The van der Waals surface area contributed by atoms with Crippen molar-refractivity contribution in [2.75, 3.05) is 25.2 Å². The molecule has 0 rings (SSSR count). The largest absolute Gasteiger partial charge is 0.396 e. The summed E-state index contributed by atoms with van der Waals surface area (Å²) in [6, 6.07) is 0. The maximum absolute atomic E-state index is 11.0. The molecule has 1 unspecified atom stereocenters. The van der Waals surface area contributed by atoms with Gasteiger partial charge in [0.25, 0.3) is 0 Å². The van der Waals surface area contributed by atoms with Crippen molar-refractivity contribution in [2.45, 2.75) is 19.3 Å². The monoisotopic (exact) mass is 207 g/mol. The Morgan fingerprint density at radius 2 is 2.15 bits per heavy atom. The van der Waals surface area contributed by atoms with Crippen molar-refractivity contribution in [1.82, 2.24) is 5.32 Å². The summed E-state index contributed by atoms with van der Waals surface area (Å²) in [5.41, 5.74) is 0. The molecule has 0 bridgehead atoms. The molecular formula is C8H17NO3S. The average Bonchev–Trinajstić information content (AvgIpc) is 2.04. The van der Waals surface area contributed by atoms with E-state index in [-0.39, 0.29) is 12.5 Å². The molecule has 0 saturated heterocycles. The normalized spacial score (nSPS) is 12.5. The van der Waals surface area contributed by atoms with Gasteiger partial charge in [0.05, 0.1) is 0 Å². The molecule has 78 valence electrons. The molecule has 0 fully saturated rings. The van der Waals surface area contributed by atoms with E-state index < -0.39 is 10.8 Å². The molecule has 2 N–H and O–H groups in total. The van der Waals surface area contributed by atoms with Crippen LogP contribution < -0.4 is 5.32 Å². The molecule has 0 aliphatic carbocycles. The number of hydrogen-bond acceptors (Lipinski definition) is 3. The molecule has 0 aromatic carbocycles. The Kier molecular flexibility index (Phi) is 7.93. The molecule has 13 heavy (non-hydrogen) atoms. The van der Waals surface area contributed by atoms with Gasteiger partial charge >= 0.3 is 0 Å². The van der Waals surface area contributed by atoms with Gasteiger partial charge in [-0.1, -0.05) is 0 Å². The van der Waals surface area contributed by atoms with Crippen molar-refractivity contribution in [2.24, 2.45) is 0 Å². The Labute approximate surface area is 81.2 Å². The van der Waals surface area contributed by atoms with Crippen LogP contribution in [-0.2, 0) is 15.6 Å². The number of rotatable bonds is 7. The van der Waals surface area contributed by atoms with Crippen molar-refractivity contribution in [3.63, 3.8) is 0 Å². The quantitative estimate of drug-likeness (QED) is 0.560. The number of nitrogens with one attached hydrogen (secondary N) is 1. The number of aliphatic hydroxyl groups is 1. The second-order valence-corrected chi connectivity index (χ2v) is 4.36. The van der Waals surface area contributed by atoms with Gasteiger partial charge in [-0.3, -0.25) is 9.00 Å². The highest BCUT2D eigenvalue weighted by Crippen LogP contribution is 1.93. The van der Waals surface area contributed by atoms with Gasteiger partial charge in [-0.25, -0.2) is 0 Å². The second kappa shape index (κ2) is 8.19. The van der Waals surface area contributed by atoms with Crippen LogP contribution in [0.4, 0.5) is 0 Å². The summed E-state index contributed by atoms with van der Waals surface area (Å²) in [5, 5.41) is 11.1. The number of amides is 1. The maximum Gasteiger partial charge on any atom is 0.220 e. The second-order valence-electron chi connectivity index (χ2n) is 2.81. The highest BCUT2D eigenvalue weighted by molar-refractivity contribution is 7.84. The van der Waals surface area contributed by atoms with E-state index in [0.717, 1.165) is 0 Å². The number of aliphatic hydroxyl groups excluding tert-OH is 1. The molecule has 5 heteroatoms. The van der Waals surface area contributed by atoms with Crippen molar-refractivity contribution in [3.8, 4) is 0 Å². The molecular weight excluding hydrogens is 190 g/mol. The fraction of sp³-hybridized carbons (Fsp3) is 0.875. The van der Waals surface area contributed by atoms with Crippen molar-refractivity contribution >= 4 is 16.7 Å². The van der Waals surface area contributed by atoms with E-state index in [1.54, 1.807) is 6.26 Å². The third-order valence-corrected chi connectivity index (χ3v) is 2.30. The molecule has 0 aliphatic heterocycles. The minimum atomic E-state index is -0.844. The molecule has 0 aromatic rings. The first kappa shape index (κ1) is 12.6. The van der Waals surface area contributed by atoms with Crippen molar-refractivity contribution in [3.05, 3.63) is 0 Å². The summed E-state index contributed by atoms with van der Waals surface area (Å²) >= 11 is 0. The SMILES string of the molecule is CS(=O)CCNC(=O)CCCCO. The van der Waals surface area contributed by atoms with Crippen LogP contribution in [0, 0.1) is 0 Å². The van der Waals surface area contributed by atoms with E-state index in [4.69, 9.17) is 5.11 Å². The number of carbonyl (C=O) groups excluding carboxylic acids is 1. The standard InChI is InChI=1S/C8H17NO3S/c1-13(12)7-5-9-8(11)4-2-3-6-10/h10H,2-7H2,1H3,(H,9,11). The third-order valence-electron chi connectivity index (χ3n) is 1.52. The van der Waals surface area contributed by atoms with Crippen LogP contribution in [0.25, 0.3) is 0 Å². The number of carbonyl (C=O) groups is 1. The molecule has 0 radical (unpaired) electrons. The Hall–Kier alpha value is -0.420. The molecule has 0 heterocycles. The van der Waals surface area contributed by atoms with E-state index >= 15 is 0 Å². The zero-order valence-corrected chi connectivity index (χ0v) is 8.73. The summed E-state index contributed by atoms with van der Waals surface area (Å²) < 4.78 is 10.6. The summed E-state index contributed by atoms with van der Waals surface area (Å²) in [6.45, 7) is 0.604. The van der Waals surface area contributed by atoms with E-state index in [0.29, 0.717) is 31.6 Å². The Balaban J connectivity index is 3.25. The first-order valence-electron chi connectivity index (χ1n) is 4.34. The van der Waals surface area contributed by atoms with E-state index in [1.807, 2.05) is 0 Å². The first-order chi connectivity index (χ1) is 6.16. The fourth-order valence-electron chi connectivity index (χ4n) is 0.820. The summed E-state index contributed by atoms with van der Waals surface area (Å²) in [5.74, 6) is 0.477. The van der Waals surface area contributed by atoms with Gasteiger partial charge in [-0.05, 0) is 12.8 Å². The number of unbranched alkanes of at least 4 members (excludes halogenated alkanes) is 1. The van der Waals surface area contributed by atoms with Gasteiger partial charge in [-0.15, -0.1) is 0 Å². The third kappa shape index (κ3) is 9.49. The minimum absolute atomic E-state index is 0.0288. The topological polar surface area (TPSA) is 66.4 Å². The van der Waals surface area contributed by atoms with Gasteiger partial charge in [0.1, 0.15) is 0 Å². The Morgan fingerprint density at radius 1 is 1.46 bits per heavy atom. The lowest BCUT2D eigenvalue weighted by atomic mass is 10.2. The summed E-state index contributed by atoms with van der Waals surface area (Å²) in [4.78, 5) is 11.0. The molecule has 0 saturated carbocycles. The van der Waals surface area contributed by atoms with Crippen LogP contribution in [0.2, 0.25) is 0 Å². The van der Waals surface area contributed by atoms with Gasteiger partial charge in [-0.2, -0.15) is 0 Å². The predicted molar refractivity (Wildman–Crippen MR) is 52.9 cm³/mol. The zero-order valence-electron chi connectivity index (χ0n) is 7.91. The van der Waals surface area contributed by atoms with Crippen LogP contribution >= 0.6 is 0 Å². The summed E-state index contributed by atoms with van der Waals surface area (Å²) in [6.07, 6.45) is 3.42. The van der Waals surface area contributed by atoms with Crippen LogP contribution in [0.15, 0.2) is 0 Å². The highest BCUT2D eigenvalue weighted by Gasteiger charge is 1.99.